The van der Waals surface area contributed by atoms with Crippen LogP contribution < -0.4 is 15.5 Å². The van der Waals surface area contributed by atoms with Gasteiger partial charge in [-0.15, -0.1) is 0 Å². The van der Waals surface area contributed by atoms with Crippen molar-refractivity contribution >= 4 is 45.0 Å². The molecule has 0 saturated carbocycles. The van der Waals surface area contributed by atoms with Crippen LogP contribution in [0.2, 0.25) is 0 Å². The van der Waals surface area contributed by atoms with Crippen LogP contribution in [0.5, 0.6) is 0 Å². The van der Waals surface area contributed by atoms with Crippen molar-refractivity contribution in [3.05, 3.63) is 59.1 Å². The lowest BCUT2D eigenvalue weighted by Gasteiger charge is -2.39. The summed E-state index contributed by atoms with van der Waals surface area (Å²) in [6.07, 6.45) is -0.0740. The first kappa shape index (κ1) is 23.3. The number of carbonyl (C=O) groups is 3. The molecule has 2 aliphatic rings. The second kappa shape index (κ2) is 10.8. The number of nitrogens with zero attached hydrogens (tertiary/aromatic N) is 3. The Labute approximate surface area is 202 Å². The molecule has 2 fully saturated rings. The summed E-state index contributed by atoms with van der Waals surface area (Å²) in [5.74, 6) is -0.692. The largest absolute Gasteiger partial charge is 0.369 e. The quantitative estimate of drug-likeness (QED) is 0.616. The Morgan fingerprint density at radius 1 is 0.970 bits per heavy atom. The molecule has 0 unspecified atom stereocenters. The molecule has 3 amide bonds. The molecule has 2 heterocycles. The topological polar surface area (TPSA) is 85.0 Å². The summed E-state index contributed by atoms with van der Waals surface area (Å²) in [6, 6.07) is 16.7. The van der Waals surface area contributed by atoms with E-state index < -0.39 is 6.04 Å². The maximum atomic E-state index is 13.1. The SMILES string of the molecule is O=C(C[C@@H]1C(=O)NCCN1C(=O)CN1CCN(c2ccccc2)CC1)Nc1ccc(Br)cc1. The van der Waals surface area contributed by atoms with Gasteiger partial charge in [-0.1, -0.05) is 34.1 Å². The summed E-state index contributed by atoms with van der Waals surface area (Å²) in [5.41, 5.74) is 1.83. The number of rotatable bonds is 6. The number of hydrogen-bond donors (Lipinski definition) is 2. The molecule has 2 aromatic rings. The Kier molecular flexibility index (Phi) is 7.61. The van der Waals surface area contributed by atoms with Gasteiger partial charge >= 0.3 is 0 Å². The van der Waals surface area contributed by atoms with Gasteiger partial charge in [0.2, 0.25) is 17.7 Å². The van der Waals surface area contributed by atoms with E-state index in [-0.39, 0.29) is 30.7 Å². The highest BCUT2D eigenvalue weighted by atomic mass is 79.9. The number of amides is 3. The standard InChI is InChI=1S/C24H28BrN5O3/c25-18-6-8-19(9-7-18)27-22(31)16-21-24(33)26-10-11-30(21)23(32)17-28-12-14-29(15-13-28)20-4-2-1-3-5-20/h1-9,21H,10-17H2,(H,26,33)(H,27,31)/t21-/m1/s1. The number of para-hydroxylation sites is 1. The van der Waals surface area contributed by atoms with Crippen LogP contribution in [-0.4, -0.2) is 79.4 Å². The predicted molar refractivity (Wildman–Crippen MR) is 131 cm³/mol. The number of halogens is 1. The number of piperazine rings is 2. The summed E-state index contributed by atoms with van der Waals surface area (Å²) >= 11 is 3.36. The second-order valence-corrected chi connectivity index (χ2v) is 9.17. The Morgan fingerprint density at radius 2 is 1.67 bits per heavy atom. The first-order valence-corrected chi connectivity index (χ1v) is 11.9. The fraction of sp³-hybridized carbons (Fsp3) is 0.375. The lowest BCUT2D eigenvalue weighted by molar-refractivity contribution is -0.145. The van der Waals surface area contributed by atoms with E-state index in [1.807, 2.05) is 30.3 Å². The fourth-order valence-corrected chi connectivity index (χ4v) is 4.49. The number of anilines is 2. The van der Waals surface area contributed by atoms with Crippen molar-refractivity contribution in [3.8, 4) is 0 Å². The van der Waals surface area contributed by atoms with E-state index >= 15 is 0 Å². The molecule has 2 aliphatic heterocycles. The highest BCUT2D eigenvalue weighted by molar-refractivity contribution is 9.10. The molecule has 9 heteroatoms. The smallest absolute Gasteiger partial charge is 0.243 e. The highest BCUT2D eigenvalue weighted by Gasteiger charge is 2.35. The first-order valence-electron chi connectivity index (χ1n) is 11.1. The van der Waals surface area contributed by atoms with E-state index in [1.54, 1.807) is 17.0 Å². The van der Waals surface area contributed by atoms with Crippen LogP contribution in [0.1, 0.15) is 6.42 Å². The van der Waals surface area contributed by atoms with Crippen LogP contribution in [0.3, 0.4) is 0 Å². The molecule has 0 aliphatic carbocycles. The molecule has 174 valence electrons. The van der Waals surface area contributed by atoms with Crippen molar-refractivity contribution in [3.63, 3.8) is 0 Å². The summed E-state index contributed by atoms with van der Waals surface area (Å²) < 4.78 is 0.911. The van der Waals surface area contributed by atoms with Gasteiger partial charge in [0.25, 0.3) is 0 Å². The number of nitrogens with one attached hydrogen (secondary N) is 2. The average Bonchev–Trinajstić information content (AvgIpc) is 2.83. The third-order valence-electron chi connectivity index (χ3n) is 6.01. The van der Waals surface area contributed by atoms with Gasteiger partial charge in [0.15, 0.2) is 0 Å². The van der Waals surface area contributed by atoms with Crippen LogP contribution in [0.4, 0.5) is 11.4 Å². The molecule has 2 aromatic carbocycles. The summed E-state index contributed by atoms with van der Waals surface area (Å²) in [4.78, 5) is 44.2. The Hall–Kier alpha value is -2.91. The maximum absolute atomic E-state index is 13.1. The van der Waals surface area contributed by atoms with E-state index in [0.29, 0.717) is 18.8 Å². The molecule has 0 bridgehead atoms. The van der Waals surface area contributed by atoms with Gasteiger partial charge in [0.1, 0.15) is 6.04 Å². The van der Waals surface area contributed by atoms with Gasteiger partial charge in [0, 0.05) is 55.1 Å². The molecule has 0 radical (unpaired) electrons. The van der Waals surface area contributed by atoms with E-state index in [1.165, 1.54) is 5.69 Å². The summed E-state index contributed by atoms with van der Waals surface area (Å²) in [5, 5.41) is 5.59. The first-order chi connectivity index (χ1) is 16.0. The number of hydrogen-bond acceptors (Lipinski definition) is 5. The molecule has 2 saturated heterocycles. The van der Waals surface area contributed by atoms with E-state index in [2.05, 4.69) is 48.5 Å². The minimum absolute atomic E-state index is 0.0740. The highest BCUT2D eigenvalue weighted by Crippen LogP contribution is 2.18. The Balaban J connectivity index is 1.32. The maximum Gasteiger partial charge on any atom is 0.243 e. The van der Waals surface area contributed by atoms with Crippen LogP contribution in [-0.2, 0) is 14.4 Å². The predicted octanol–water partition coefficient (Wildman–Crippen LogP) is 1.93. The molecular formula is C24H28BrN5O3. The minimum atomic E-state index is -0.799. The van der Waals surface area contributed by atoms with Crippen molar-refractivity contribution in [2.24, 2.45) is 0 Å². The average molecular weight is 514 g/mol. The van der Waals surface area contributed by atoms with Gasteiger partial charge in [-0.05, 0) is 36.4 Å². The van der Waals surface area contributed by atoms with Gasteiger partial charge in [-0.25, -0.2) is 0 Å². The lowest BCUT2D eigenvalue weighted by Crippen LogP contribution is -2.60. The third kappa shape index (κ3) is 6.11. The zero-order valence-corrected chi connectivity index (χ0v) is 20.0. The zero-order valence-electron chi connectivity index (χ0n) is 18.4. The van der Waals surface area contributed by atoms with Gasteiger partial charge < -0.3 is 20.4 Å². The second-order valence-electron chi connectivity index (χ2n) is 8.25. The molecule has 2 N–H and O–H groups in total. The minimum Gasteiger partial charge on any atom is -0.369 e. The molecule has 0 aromatic heterocycles. The number of carbonyl (C=O) groups excluding carboxylic acids is 3. The number of benzene rings is 2. The van der Waals surface area contributed by atoms with Gasteiger partial charge in [-0.2, -0.15) is 0 Å². The van der Waals surface area contributed by atoms with Crippen molar-refractivity contribution in [2.75, 3.05) is 56.0 Å². The normalized spacial score (nSPS) is 19.2. The Morgan fingerprint density at radius 3 is 2.36 bits per heavy atom. The van der Waals surface area contributed by atoms with Crippen LogP contribution in [0.15, 0.2) is 59.1 Å². The van der Waals surface area contributed by atoms with Crippen LogP contribution >= 0.6 is 15.9 Å². The molecular weight excluding hydrogens is 486 g/mol. The van der Waals surface area contributed by atoms with Crippen LogP contribution in [0, 0.1) is 0 Å². The van der Waals surface area contributed by atoms with Crippen LogP contribution in [0.25, 0.3) is 0 Å². The third-order valence-corrected chi connectivity index (χ3v) is 6.54. The van der Waals surface area contributed by atoms with Gasteiger partial charge in [0.05, 0.1) is 13.0 Å². The molecule has 4 rings (SSSR count). The molecule has 1 atom stereocenters. The van der Waals surface area contributed by atoms with Crippen molar-refractivity contribution in [1.29, 1.82) is 0 Å². The Bertz CT molecular complexity index is 977. The van der Waals surface area contributed by atoms with E-state index in [4.69, 9.17) is 0 Å². The monoisotopic (exact) mass is 513 g/mol. The zero-order chi connectivity index (χ0) is 23.2. The van der Waals surface area contributed by atoms with E-state index in [0.717, 1.165) is 30.7 Å². The van der Waals surface area contributed by atoms with Crippen molar-refractivity contribution in [2.45, 2.75) is 12.5 Å². The van der Waals surface area contributed by atoms with Crippen molar-refractivity contribution in [1.82, 2.24) is 15.1 Å². The fourth-order valence-electron chi connectivity index (χ4n) is 4.22. The van der Waals surface area contributed by atoms with Crippen molar-refractivity contribution < 1.29 is 14.4 Å². The van der Waals surface area contributed by atoms with E-state index in [9.17, 15) is 14.4 Å². The summed E-state index contributed by atoms with van der Waals surface area (Å²) in [7, 11) is 0. The molecule has 8 nitrogen and oxygen atoms in total. The summed E-state index contributed by atoms with van der Waals surface area (Å²) in [6.45, 7) is 4.29. The lowest BCUT2D eigenvalue weighted by atomic mass is 10.1. The molecule has 0 spiro atoms. The van der Waals surface area contributed by atoms with Gasteiger partial charge in [-0.3, -0.25) is 19.3 Å². The molecule has 33 heavy (non-hydrogen) atoms.